The number of hydrogen-bond donors (Lipinski definition) is 1. The number of hydrogen-bond acceptors (Lipinski definition) is 4. The molecule has 0 fully saturated rings. The lowest BCUT2D eigenvalue weighted by atomic mass is 9.86. The summed E-state index contributed by atoms with van der Waals surface area (Å²) in [4.78, 5) is 5.04. The van der Waals surface area contributed by atoms with Crippen LogP contribution in [0.25, 0.3) is 11.0 Å². The monoisotopic (exact) mass is 428 g/mol. The maximum absolute atomic E-state index is 14.1. The minimum Gasteiger partial charge on any atom is -0.464 e. The molecule has 28 heavy (non-hydrogen) atoms. The first-order valence-electron chi connectivity index (χ1n) is 8.23. The lowest BCUT2D eigenvalue weighted by Gasteiger charge is -2.29. The van der Waals surface area contributed by atoms with Gasteiger partial charge in [-0.2, -0.15) is 13.2 Å². The number of nitrogens with zero attached hydrogens (tertiary/aromatic N) is 1. The van der Waals surface area contributed by atoms with E-state index in [-0.39, 0.29) is 27.9 Å². The maximum atomic E-state index is 14.1. The van der Waals surface area contributed by atoms with Crippen molar-refractivity contribution < 1.29 is 22.4 Å². The van der Waals surface area contributed by atoms with E-state index in [0.29, 0.717) is 16.5 Å². The highest BCUT2D eigenvalue weighted by molar-refractivity contribution is 6.34. The summed E-state index contributed by atoms with van der Waals surface area (Å²) in [6.07, 6.45) is -3.83. The second-order valence-corrected chi connectivity index (χ2v) is 7.30. The van der Waals surface area contributed by atoms with Gasteiger partial charge in [-0.3, -0.25) is 0 Å². The molecule has 0 spiro atoms. The van der Waals surface area contributed by atoms with Crippen molar-refractivity contribution >= 4 is 39.9 Å². The van der Waals surface area contributed by atoms with E-state index in [1.54, 1.807) is 18.2 Å². The first-order chi connectivity index (χ1) is 13.2. The predicted octanol–water partition coefficient (Wildman–Crippen LogP) is 5.78. The molecule has 0 saturated carbocycles. The molecule has 1 aliphatic heterocycles. The summed E-state index contributed by atoms with van der Waals surface area (Å²) in [6, 6.07) is 8.76. The molecule has 1 atom stereocenters. The minimum absolute atomic E-state index is 0.0766. The van der Waals surface area contributed by atoms with Gasteiger partial charge in [0.15, 0.2) is 0 Å². The van der Waals surface area contributed by atoms with E-state index in [1.807, 2.05) is 0 Å². The van der Waals surface area contributed by atoms with Crippen LogP contribution in [0.1, 0.15) is 23.1 Å². The summed E-state index contributed by atoms with van der Waals surface area (Å²) in [5, 5.41) is 4.56. The van der Waals surface area contributed by atoms with Crippen molar-refractivity contribution in [3.8, 4) is 0 Å². The van der Waals surface area contributed by atoms with Gasteiger partial charge in [0.2, 0.25) is 0 Å². The molecular weight excluding hydrogens is 416 g/mol. The molecule has 0 bridgehead atoms. The molecular formula is C19H13Cl2F3N2O2. The summed E-state index contributed by atoms with van der Waals surface area (Å²) in [6.45, 7) is 0.237. The van der Waals surface area contributed by atoms with E-state index >= 15 is 0 Å². The first-order valence-corrected chi connectivity index (χ1v) is 8.98. The number of rotatable bonds is 3. The zero-order chi connectivity index (χ0) is 20.1. The summed E-state index contributed by atoms with van der Waals surface area (Å²) in [7, 11) is 0. The highest BCUT2D eigenvalue weighted by Crippen LogP contribution is 2.50. The minimum atomic E-state index is -4.75. The molecule has 1 aromatic heterocycles. The van der Waals surface area contributed by atoms with Crippen molar-refractivity contribution in [3.05, 3.63) is 69.4 Å². The Morgan fingerprint density at radius 3 is 2.46 bits per heavy atom. The Hall–Kier alpha value is -2.22. The molecule has 0 saturated heterocycles. The number of fused-ring (bicyclic) bond motifs is 1. The van der Waals surface area contributed by atoms with Crippen LogP contribution < -0.4 is 5.73 Å². The molecule has 0 aliphatic carbocycles. The van der Waals surface area contributed by atoms with Crippen LogP contribution >= 0.6 is 23.2 Å². The van der Waals surface area contributed by atoms with Crippen molar-refractivity contribution in [1.29, 1.82) is 0 Å². The zero-order valence-electron chi connectivity index (χ0n) is 14.2. The van der Waals surface area contributed by atoms with E-state index in [2.05, 4.69) is 5.16 Å². The van der Waals surface area contributed by atoms with E-state index < -0.39 is 18.2 Å². The highest BCUT2D eigenvalue weighted by atomic mass is 35.5. The van der Waals surface area contributed by atoms with Crippen molar-refractivity contribution in [3.63, 3.8) is 0 Å². The number of nitrogens with two attached hydrogens (primary N) is 1. The van der Waals surface area contributed by atoms with E-state index in [9.17, 15) is 13.2 Å². The smallest absolute Gasteiger partial charge is 0.435 e. The Balaban J connectivity index is 1.81. The van der Waals surface area contributed by atoms with Crippen molar-refractivity contribution in [1.82, 2.24) is 0 Å². The SMILES string of the molecule is NCc1ccc(C2=NOC(c3cc(Cl)cc(Cl)c3)(C(F)(F)F)C2)c2ccoc12. The zero-order valence-corrected chi connectivity index (χ0v) is 15.7. The quantitative estimate of drug-likeness (QED) is 0.574. The number of oxime groups is 1. The Morgan fingerprint density at radius 2 is 1.82 bits per heavy atom. The van der Waals surface area contributed by atoms with Gasteiger partial charge in [0, 0.05) is 45.1 Å². The third kappa shape index (κ3) is 2.94. The van der Waals surface area contributed by atoms with Crippen molar-refractivity contribution in [2.24, 2.45) is 10.9 Å². The Labute approximate surface area is 167 Å². The van der Waals surface area contributed by atoms with Gasteiger partial charge in [0.25, 0.3) is 5.60 Å². The normalized spacial score (nSPS) is 19.7. The topological polar surface area (TPSA) is 60.8 Å². The molecule has 4 nitrogen and oxygen atoms in total. The molecule has 2 N–H and O–H groups in total. The Kier molecular flexibility index (Phi) is 4.56. The van der Waals surface area contributed by atoms with Crippen LogP contribution in [0.4, 0.5) is 13.2 Å². The second kappa shape index (κ2) is 6.69. The molecule has 9 heteroatoms. The molecule has 0 radical (unpaired) electrons. The van der Waals surface area contributed by atoms with Gasteiger partial charge in [-0.15, -0.1) is 0 Å². The van der Waals surface area contributed by atoms with Crippen molar-refractivity contribution in [2.45, 2.75) is 24.7 Å². The summed E-state index contributed by atoms with van der Waals surface area (Å²) in [5.41, 5.74) is 4.69. The summed E-state index contributed by atoms with van der Waals surface area (Å²) < 4.78 is 47.8. The van der Waals surface area contributed by atoms with Crippen LogP contribution in [0.2, 0.25) is 10.0 Å². The van der Waals surface area contributed by atoms with Gasteiger partial charge in [-0.1, -0.05) is 40.5 Å². The predicted molar refractivity (Wildman–Crippen MR) is 101 cm³/mol. The van der Waals surface area contributed by atoms with Crippen LogP contribution in [-0.4, -0.2) is 11.9 Å². The lowest BCUT2D eigenvalue weighted by Crippen LogP contribution is -2.42. The highest BCUT2D eigenvalue weighted by Gasteiger charge is 2.62. The van der Waals surface area contributed by atoms with Crippen LogP contribution in [-0.2, 0) is 17.0 Å². The molecule has 146 valence electrons. The summed E-state index contributed by atoms with van der Waals surface area (Å²) >= 11 is 11.8. The maximum Gasteiger partial charge on any atom is 0.435 e. The Bertz CT molecular complexity index is 1070. The van der Waals surface area contributed by atoms with Crippen LogP contribution in [0.15, 0.2) is 52.2 Å². The average molecular weight is 429 g/mol. The van der Waals surface area contributed by atoms with Gasteiger partial charge in [-0.05, 0) is 24.3 Å². The largest absolute Gasteiger partial charge is 0.464 e. The van der Waals surface area contributed by atoms with E-state index in [0.717, 1.165) is 5.56 Å². The van der Waals surface area contributed by atoms with Crippen LogP contribution in [0, 0.1) is 0 Å². The molecule has 3 aromatic rings. The molecule has 1 aliphatic rings. The lowest BCUT2D eigenvalue weighted by molar-refractivity contribution is -0.275. The van der Waals surface area contributed by atoms with Gasteiger partial charge in [0.1, 0.15) is 5.58 Å². The Morgan fingerprint density at radius 1 is 1.11 bits per heavy atom. The fourth-order valence-electron chi connectivity index (χ4n) is 3.37. The van der Waals surface area contributed by atoms with E-state index in [1.165, 1.54) is 24.5 Å². The van der Waals surface area contributed by atoms with Gasteiger partial charge in [-0.25, -0.2) is 0 Å². The van der Waals surface area contributed by atoms with Crippen LogP contribution in [0.3, 0.4) is 0 Å². The fourth-order valence-corrected chi connectivity index (χ4v) is 3.89. The number of halogens is 5. The third-order valence-corrected chi connectivity index (χ3v) is 5.18. The third-order valence-electron chi connectivity index (χ3n) is 4.74. The standard InChI is InChI=1S/C19H13Cl2F3N2O2/c20-12-5-11(6-13(21)7-12)18(19(22,23)24)8-16(26-28-18)14-2-1-10(9-25)17-15(14)3-4-27-17/h1-7H,8-9,25H2. The number of furan rings is 1. The second-order valence-electron chi connectivity index (χ2n) is 6.43. The molecule has 2 heterocycles. The molecule has 2 aromatic carbocycles. The number of benzene rings is 2. The summed E-state index contributed by atoms with van der Waals surface area (Å²) in [5.74, 6) is 0. The molecule has 4 rings (SSSR count). The van der Waals surface area contributed by atoms with Gasteiger partial charge >= 0.3 is 6.18 Å². The average Bonchev–Trinajstić information content (AvgIpc) is 3.27. The van der Waals surface area contributed by atoms with Crippen molar-refractivity contribution in [2.75, 3.05) is 0 Å². The van der Waals surface area contributed by atoms with Gasteiger partial charge in [0.05, 0.1) is 12.0 Å². The van der Waals surface area contributed by atoms with Crippen LogP contribution in [0.5, 0.6) is 0 Å². The molecule has 0 amide bonds. The van der Waals surface area contributed by atoms with E-state index in [4.69, 9.17) is 38.2 Å². The first kappa shape index (κ1) is 19.1. The molecule has 1 unspecified atom stereocenters. The fraction of sp³-hybridized carbons (Fsp3) is 0.211. The number of alkyl halides is 3. The van der Waals surface area contributed by atoms with Gasteiger partial charge < -0.3 is 15.0 Å².